The summed E-state index contributed by atoms with van der Waals surface area (Å²) in [6.45, 7) is 1.27. The Morgan fingerprint density at radius 2 is 1.62 bits per heavy atom. The van der Waals surface area contributed by atoms with Crippen molar-refractivity contribution in [2.45, 2.75) is 19.3 Å². The van der Waals surface area contributed by atoms with E-state index in [1.54, 1.807) is 12.1 Å². The van der Waals surface area contributed by atoms with Crippen molar-refractivity contribution >= 4 is 18.4 Å². The molecule has 0 saturated heterocycles. The van der Waals surface area contributed by atoms with Crippen LogP contribution in [-0.2, 0) is 4.79 Å². The first-order chi connectivity index (χ1) is 11.7. The lowest BCUT2D eigenvalue weighted by Crippen LogP contribution is -2.17. The maximum absolute atomic E-state index is 12.2. The fourth-order valence-corrected chi connectivity index (χ4v) is 2.19. The Bertz CT molecular complexity index is 751. The number of esters is 1. The van der Waals surface area contributed by atoms with Gasteiger partial charge < -0.3 is 19.9 Å². The van der Waals surface area contributed by atoms with Gasteiger partial charge in [0.1, 0.15) is 5.75 Å². The molecule has 2 aromatic carbocycles. The van der Waals surface area contributed by atoms with E-state index in [-0.39, 0.29) is 23.9 Å². The van der Waals surface area contributed by atoms with Crippen LogP contribution in [0.2, 0.25) is 0 Å². The van der Waals surface area contributed by atoms with Crippen molar-refractivity contribution in [1.29, 1.82) is 0 Å². The first kappa shape index (κ1) is 21.6. The predicted octanol–water partition coefficient (Wildman–Crippen LogP) is 3.99. The largest absolute Gasteiger partial charge is 0.573 e. The molecule has 2 N–H and O–H groups in total. The second kappa shape index (κ2) is 8.77. The van der Waals surface area contributed by atoms with Crippen LogP contribution in [-0.4, -0.2) is 19.4 Å². The van der Waals surface area contributed by atoms with Gasteiger partial charge in [0.05, 0.1) is 13.2 Å². The Labute approximate surface area is 154 Å². The molecule has 0 fully saturated rings. The Kier molecular flexibility index (Phi) is 7.29. The first-order valence-corrected chi connectivity index (χ1v) is 7.17. The van der Waals surface area contributed by atoms with Gasteiger partial charge in [-0.3, -0.25) is 4.79 Å². The second-order valence-electron chi connectivity index (χ2n) is 5.10. The molecular weight excluding hydrogens is 375 g/mol. The van der Waals surface area contributed by atoms with Crippen molar-refractivity contribution in [2.24, 2.45) is 5.73 Å². The van der Waals surface area contributed by atoms with Gasteiger partial charge in [0.15, 0.2) is 11.5 Å². The molecule has 0 amide bonds. The van der Waals surface area contributed by atoms with E-state index in [0.29, 0.717) is 16.9 Å². The van der Waals surface area contributed by atoms with Crippen molar-refractivity contribution in [2.75, 3.05) is 7.11 Å². The van der Waals surface area contributed by atoms with E-state index in [4.69, 9.17) is 15.2 Å². The average molecular weight is 392 g/mol. The van der Waals surface area contributed by atoms with Crippen LogP contribution in [0.25, 0.3) is 0 Å². The smallest absolute Gasteiger partial charge is 0.493 e. The molecule has 0 heterocycles. The zero-order valence-corrected chi connectivity index (χ0v) is 14.7. The number of nitrogens with two attached hydrogens (primary N) is 1. The van der Waals surface area contributed by atoms with Gasteiger partial charge in [-0.25, -0.2) is 0 Å². The van der Waals surface area contributed by atoms with E-state index >= 15 is 0 Å². The van der Waals surface area contributed by atoms with E-state index in [0.717, 1.165) is 0 Å². The van der Waals surface area contributed by atoms with Gasteiger partial charge in [-0.05, 0) is 35.4 Å². The quantitative estimate of drug-likeness (QED) is 0.616. The van der Waals surface area contributed by atoms with Gasteiger partial charge in [0.25, 0.3) is 0 Å². The Morgan fingerprint density at radius 1 is 1.04 bits per heavy atom. The van der Waals surface area contributed by atoms with E-state index < -0.39 is 18.4 Å². The molecule has 0 saturated carbocycles. The van der Waals surface area contributed by atoms with Crippen LogP contribution < -0.4 is 19.9 Å². The molecule has 9 heteroatoms. The molecule has 26 heavy (non-hydrogen) atoms. The minimum atomic E-state index is -4.75. The monoisotopic (exact) mass is 391 g/mol. The lowest BCUT2D eigenvalue weighted by molar-refractivity contribution is -0.274. The summed E-state index contributed by atoms with van der Waals surface area (Å²) in [7, 11) is 1.42. The molecule has 5 nitrogen and oxygen atoms in total. The van der Waals surface area contributed by atoms with Gasteiger partial charge in [0, 0.05) is 6.92 Å². The lowest BCUT2D eigenvalue weighted by Gasteiger charge is -2.16. The number of carbonyl (C=O) groups is 1. The summed E-state index contributed by atoms with van der Waals surface area (Å²) in [5, 5.41) is 0. The third kappa shape index (κ3) is 5.82. The maximum atomic E-state index is 12.2. The summed E-state index contributed by atoms with van der Waals surface area (Å²) in [4.78, 5) is 11.1. The number of halogens is 4. The SMILES string of the molecule is COc1cc([C@@H](N)c2ccc(OC(F)(F)F)cc2)ccc1OC(C)=O.Cl. The van der Waals surface area contributed by atoms with Gasteiger partial charge in [0.2, 0.25) is 0 Å². The number of rotatable bonds is 5. The Morgan fingerprint density at radius 3 is 2.12 bits per heavy atom. The van der Waals surface area contributed by atoms with Crippen LogP contribution in [0.5, 0.6) is 17.2 Å². The fraction of sp³-hybridized carbons (Fsp3) is 0.235. The van der Waals surface area contributed by atoms with Crippen molar-refractivity contribution in [3.63, 3.8) is 0 Å². The zero-order valence-electron chi connectivity index (χ0n) is 13.9. The minimum Gasteiger partial charge on any atom is -0.493 e. The molecule has 1 atom stereocenters. The highest BCUT2D eigenvalue weighted by atomic mass is 35.5. The standard InChI is InChI=1S/C17H16F3NO4.ClH/c1-10(22)24-14-8-5-12(9-15(14)23-2)16(21)11-3-6-13(7-4-11)25-17(18,19)20;/h3-9,16H,21H2,1-2H3;1H/t16-;/m0./s1. The van der Waals surface area contributed by atoms with Crippen LogP contribution in [0.4, 0.5) is 13.2 Å². The Hall–Kier alpha value is -2.45. The Balaban J connectivity index is 0.00000338. The summed E-state index contributed by atoms with van der Waals surface area (Å²) in [5.74, 6) is -0.248. The van der Waals surface area contributed by atoms with Crippen LogP contribution in [0.15, 0.2) is 42.5 Å². The molecular formula is C17H17ClF3NO4. The average Bonchev–Trinajstić information content (AvgIpc) is 2.53. The highest BCUT2D eigenvalue weighted by Crippen LogP contribution is 2.32. The van der Waals surface area contributed by atoms with Crippen LogP contribution in [0.1, 0.15) is 24.1 Å². The van der Waals surface area contributed by atoms with Gasteiger partial charge >= 0.3 is 12.3 Å². The summed E-state index contributed by atoms with van der Waals surface area (Å²) in [6, 6.07) is 9.43. The number of hydrogen-bond acceptors (Lipinski definition) is 5. The predicted molar refractivity (Wildman–Crippen MR) is 90.7 cm³/mol. The van der Waals surface area contributed by atoms with Gasteiger partial charge in [-0.15, -0.1) is 25.6 Å². The summed E-state index contributed by atoms with van der Waals surface area (Å²) in [5.41, 5.74) is 7.36. The number of hydrogen-bond donors (Lipinski definition) is 1. The molecule has 142 valence electrons. The molecule has 0 aromatic heterocycles. The van der Waals surface area contributed by atoms with Crippen LogP contribution >= 0.6 is 12.4 Å². The highest BCUT2D eigenvalue weighted by Gasteiger charge is 2.31. The molecule has 0 bridgehead atoms. The maximum Gasteiger partial charge on any atom is 0.573 e. The summed E-state index contributed by atoms with van der Waals surface area (Å²) >= 11 is 0. The molecule has 2 aromatic rings. The van der Waals surface area contributed by atoms with Crippen molar-refractivity contribution < 1.29 is 32.2 Å². The molecule has 0 aliphatic heterocycles. The summed E-state index contributed by atoms with van der Waals surface area (Å²) < 4.78 is 50.5. The number of benzene rings is 2. The third-order valence-electron chi connectivity index (χ3n) is 3.27. The molecule has 2 rings (SSSR count). The first-order valence-electron chi connectivity index (χ1n) is 7.17. The third-order valence-corrected chi connectivity index (χ3v) is 3.27. The zero-order chi connectivity index (χ0) is 18.6. The van der Waals surface area contributed by atoms with E-state index in [1.165, 1.54) is 44.4 Å². The number of methoxy groups -OCH3 is 1. The fourth-order valence-electron chi connectivity index (χ4n) is 2.19. The molecule has 0 spiro atoms. The van der Waals surface area contributed by atoms with Crippen molar-refractivity contribution in [3.8, 4) is 17.2 Å². The molecule has 0 aliphatic rings. The van der Waals surface area contributed by atoms with E-state index in [1.807, 2.05) is 0 Å². The van der Waals surface area contributed by atoms with E-state index in [9.17, 15) is 18.0 Å². The highest BCUT2D eigenvalue weighted by molar-refractivity contribution is 5.85. The van der Waals surface area contributed by atoms with Crippen molar-refractivity contribution in [3.05, 3.63) is 53.6 Å². The van der Waals surface area contributed by atoms with E-state index in [2.05, 4.69) is 4.74 Å². The minimum absolute atomic E-state index is 0. The van der Waals surface area contributed by atoms with Gasteiger partial charge in [-0.2, -0.15) is 0 Å². The normalized spacial score (nSPS) is 11.9. The molecule has 0 unspecified atom stereocenters. The second-order valence-corrected chi connectivity index (χ2v) is 5.10. The summed E-state index contributed by atoms with van der Waals surface area (Å²) in [6.07, 6.45) is -4.75. The lowest BCUT2D eigenvalue weighted by atomic mass is 9.99. The number of alkyl halides is 3. The van der Waals surface area contributed by atoms with Crippen molar-refractivity contribution in [1.82, 2.24) is 0 Å². The van der Waals surface area contributed by atoms with Crippen LogP contribution in [0, 0.1) is 0 Å². The number of ether oxygens (including phenoxy) is 3. The molecule has 0 aliphatic carbocycles. The topological polar surface area (TPSA) is 70.8 Å². The van der Waals surface area contributed by atoms with Gasteiger partial charge in [-0.1, -0.05) is 18.2 Å². The van der Waals surface area contributed by atoms with Crippen LogP contribution in [0.3, 0.4) is 0 Å². The molecule has 0 radical (unpaired) electrons. The number of carbonyl (C=O) groups excluding carboxylic acids is 1.